The number of nitrogens with zero attached hydrogens (tertiary/aromatic N) is 3. The summed E-state index contributed by atoms with van der Waals surface area (Å²) in [5, 5.41) is 4.20. The van der Waals surface area contributed by atoms with Crippen LogP contribution in [0.5, 0.6) is 5.75 Å². The molecule has 4 rings (SSSR count). The van der Waals surface area contributed by atoms with E-state index in [-0.39, 0.29) is 6.10 Å². The molecule has 5 nitrogen and oxygen atoms in total. The third-order valence-electron chi connectivity index (χ3n) is 4.93. The number of benzene rings is 2. The van der Waals surface area contributed by atoms with Crippen molar-refractivity contribution in [3.8, 4) is 28.6 Å². The quantitative estimate of drug-likeness (QED) is 0.553. The van der Waals surface area contributed by atoms with Crippen molar-refractivity contribution in [1.82, 2.24) is 10.1 Å². The molecule has 1 heterocycles. The van der Waals surface area contributed by atoms with Crippen molar-refractivity contribution in [2.24, 2.45) is 0 Å². The predicted octanol–water partition coefficient (Wildman–Crippen LogP) is 5.79. The van der Waals surface area contributed by atoms with Crippen LogP contribution in [0.25, 0.3) is 27.7 Å². The summed E-state index contributed by atoms with van der Waals surface area (Å²) >= 11 is 0. The van der Waals surface area contributed by atoms with Gasteiger partial charge in [0.1, 0.15) is 5.75 Å². The van der Waals surface area contributed by atoms with Gasteiger partial charge in [-0.2, -0.15) is 4.98 Å². The van der Waals surface area contributed by atoms with Crippen LogP contribution in [0.15, 0.2) is 40.9 Å². The molecule has 1 atom stereocenters. The largest absolute Gasteiger partial charge is 0.502 e. The maximum Gasteiger partial charge on any atom is 0.256 e. The van der Waals surface area contributed by atoms with Crippen LogP contribution in [-0.2, 0) is 6.42 Å². The first-order chi connectivity index (χ1) is 13.1. The van der Waals surface area contributed by atoms with Gasteiger partial charge in [-0.3, -0.25) is 0 Å². The zero-order valence-corrected chi connectivity index (χ0v) is 15.7. The highest BCUT2D eigenvalue weighted by Gasteiger charge is 2.23. The van der Waals surface area contributed by atoms with Gasteiger partial charge in [0.2, 0.25) is 11.5 Å². The molecule has 2 aromatic carbocycles. The first kappa shape index (κ1) is 17.3. The SMILES string of the molecule is [C-]#[N+]c1cc(-c2nc(-c3cccc4c3CCC4C)no2)ccc1OC(C)C. The molecule has 0 spiro atoms. The Morgan fingerprint density at radius 2 is 2.11 bits per heavy atom. The van der Waals surface area contributed by atoms with Crippen molar-refractivity contribution in [3.63, 3.8) is 0 Å². The van der Waals surface area contributed by atoms with E-state index < -0.39 is 0 Å². The molecular weight excluding hydrogens is 338 g/mol. The lowest BCUT2D eigenvalue weighted by Gasteiger charge is -2.11. The summed E-state index contributed by atoms with van der Waals surface area (Å²) in [5.41, 5.74) is 4.90. The molecule has 0 saturated heterocycles. The van der Waals surface area contributed by atoms with Crippen molar-refractivity contribution in [1.29, 1.82) is 0 Å². The van der Waals surface area contributed by atoms with E-state index in [1.54, 1.807) is 12.1 Å². The molecule has 0 N–H and O–H groups in total. The number of hydrogen-bond acceptors (Lipinski definition) is 4. The van der Waals surface area contributed by atoms with Gasteiger partial charge in [-0.25, -0.2) is 4.85 Å². The molecule has 27 heavy (non-hydrogen) atoms. The van der Waals surface area contributed by atoms with Crippen molar-refractivity contribution < 1.29 is 9.26 Å². The molecule has 1 aliphatic rings. The molecule has 0 radical (unpaired) electrons. The highest BCUT2D eigenvalue weighted by molar-refractivity contribution is 5.70. The summed E-state index contributed by atoms with van der Waals surface area (Å²) in [5.74, 6) is 2.15. The molecule has 0 bridgehead atoms. The van der Waals surface area contributed by atoms with Gasteiger partial charge in [0, 0.05) is 11.1 Å². The van der Waals surface area contributed by atoms with Crippen LogP contribution in [0.4, 0.5) is 5.69 Å². The first-order valence-corrected chi connectivity index (χ1v) is 9.21. The Labute approximate surface area is 158 Å². The number of hydrogen-bond donors (Lipinski definition) is 0. The highest BCUT2D eigenvalue weighted by Crippen LogP contribution is 2.39. The Bertz CT molecular complexity index is 1030. The van der Waals surface area contributed by atoms with Gasteiger partial charge in [-0.15, -0.1) is 0 Å². The lowest BCUT2D eigenvalue weighted by Crippen LogP contribution is -2.05. The summed E-state index contributed by atoms with van der Waals surface area (Å²) in [6, 6.07) is 11.7. The third kappa shape index (κ3) is 3.19. The van der Waals surface area contributed by atoms with Crippen LogP contribution in [-0.4, -0.2) is 16.2 Å². The third-order valence-corrected chi connectivity index (χ3v) is 4.93. The van der Waals surface area contributed by atoms with Crippen molar-refractivity contribution in [2.75, 3.05) is 0 Å². The van der Waals surface area contributed by atoms with Crippen LogP contribution < -0.4 is 4.74 Å². The van der Waals surface area contributed by atoms with Gasteiger partial charge in [-0.1, -0.05) is 30.3 Å². The molecule has 0 fully saturated rings. The van der Waals surface area contributed by atoms with E-state index in [2.05, 4.69) is 40.1 Å². The minimum atomic E-state index is 0.00826. The lowest BCUT2D eigenvalue weighted by atomic mass is 9.99. The van der Waals surface area contributed by atoms with E-state index in [0.29, 0.717) is 29.1 Å². The van der Waals surface area contributed by atoms with Crippen LogP contribution in [0.2, 0.25) is 0 Å². The van der Waals surface area contributed by atoms with E-state index in [0.717, 1.165) is 24.0 Å². The molecule has 0 amide bonds. The van der Waals surface area contributed by atoms with E-state index in [1.165, 1.54) is 11.1 Å². The fraction of sp³-hybridized carbons (Fsp3) is 0.318. The zero-order chi connectivity index (χ0) is 19.0. The Morgan fingerprint density at radius 1 is 1.26 bits per heavy atom. The maximum absolute atomic E-state index is 7.41. The van der Waals surface area contributed by atoms with Gasteiger partial charge in [0.05, 0.1) is 12.7 Å². The lowest BCUT2D eigenvalue weighted by molar-refractivity contribution is 0.244. The van der Waals surface area contributed by atoms with Crippen molar-refractivity contribution in [3.05, 3.63) is 58.9 Å². The fourth-order valence-corrected chi connectivity index (χ4v) is 3.61. The Balaban J connectivity index is 1.69. The number of fused-ring (bicyclic) bond motifs is 1. The topological polar surface area (TPSA) is 52.5 Å². The average Bonchev–Trinajstić information content (AvgIpc) is 3.29. The maximum atomic E-state index is 7.41. The second kappa shape index (κ2) is 6.88. The van der Waals surface area contributed by atoms with Crippen molar-refractivity contribution in [2.45, 2.75) is 45.6 Å². The Kier molecular flexibility index (Phi) is 4.41. The van der Waals surface area contributed by atoms with Gasteiger partial charge in [0.15, 0.2) is 0 Å². The fourth-order valence-electron chi connectivity index (χ4n) is 3.61. The second-order valence-electron chi connectivity index (χ2n) is 7.20. The van der Waals surface area contributed by atoms with Crippen LogP contribution in [0.3, 0.4) is 0 Å². The smallest absolute Gasteiger partial charge is 0.256 e. The Hall–Kier alpha value is -3.13. The minimum absolute atomic E-state index is 0.00826. The summed E-state index contributed by atoms with van der Waals surface area (Å²) in [4.78, 5) is 8.16. The van der Waals surface area contributed by atoms with E-state index in [1.807, 2.05) is 19.9 Å². The molecule has 136 valence electrons. The van der Waals surface area contributed by atoms with Crippen molar-refractivity contribution >= 4 is 5.69 Å². The summed E-state index contributed by atoms with van der Waals surface area (Å²) < 4.78 is 11.2. The number of rotatable bonds is 4. The molecule has 5 heteroatoms. The molecule has 1 aromatic heterocycles. The highest BCUT2D eigenvalue weighted by atomic mass is 16.5. The average molecular weight is 359 g/mol. The molecule has 0 aliphatic heterocycles. The molecule has 3 aromatic rings. The summed E-state index contributed by atoms with van der Waals surface area (Å²) in [7, 11) is 0. The van der Waals surface area contributed by atoms with Gasteiger partial charge < -0.3 is 9.26 Å². The molecule has 0 saturated carbocycles. The minimum Gasteiger partial charge on any atom is -0.502 e. The normalized spacial score (nSPS) is 15.6. The molecule has 1 aliphatic carbocycles. The van der Waals surface area contributed by atoms with E-state index in [9.17, 15) is 0 Å². The number of ether oxygens (including phenoxy) is 1. The standard InChI is InChI=1S/C22H21N3O2/c1-13(2)26-20-11-9-15(12-19(20)23-4)22-24-21(25-27-22)18-7-5-6-16-14(3)8-10-17(16)18/h5-7,9,11-14H,8,10H2,1-3H3. The first-order valence-electron chi connectivity index (χ1n) is 9.21. The van der Waals surface area contributed by atoms with Gasteiger partial charge in [0.25, 0.3) is 5.89 Å². The summed E-state index contributed by atoms with van der Waals surface area (Å²) in [6.45, 7) is 13.5. The molecule has 1 unspecified atom stereocenters. The second-order valence-corrected chi connectivity index (χ2v) is 7.20. The van der Waals surface area contributed by atoms with Crippen LogP contribution in [0, 0.1) is 6.57 Å². The van der Waals surface area contributed by atoms with Crippen LogP contribution >= 0.6 is 0 Å². The van der Waals surface area contributed by atoms with Gasteiger partial charge in [-0.05, 0) is 61.9 Å². The predicted molar refractivity (Wildman–Crippen MR) is 104 cm³/mol. The van der Waals surface area contributed by atoms with Gasteiger partial charge >= 0.3 is 0 Å². The Morgan fingerprint density at radius 3 is 2.89 bits per heavy atom. The summed E-state index contributed by atoms with van der Waals surface area (Å²) in [6.07, 6.45) is 2.21. The molecular formula is C22H21N3O2. The van der Waals surface area contributed by atoms with E-state index >= 15 is 0 Å². The monoisotopic (exact) mass is 359 g/mol. The van der Waals surface area contributed by atoms with Crippen LogP contribution in [0.1, 0.15) is 44.2 Å². The van der Waals surface area contributed by atoms with E-state index in [4.69, 9.17) is 15.8 Å². The zero-order valence-electron chi connectivity index (χ0n) is 15.7. The number of aromatic nitrogens is 2.